The van der Waals surface area contributed by atoms with Crippen LogP contribution in [-0.2, 0) is 0 Å². The molecule has 0 saturated heterocycles. The van der Waals surface area contributed by atoms with Crippen molar-refractivity contribution in [1.29, 1.82) is 0 Å². The second-order valence-corrected chi connectivity index (χ2v) is 6.56. The Morgan fingerprint density at radius 2 is 1.58 bits per heavy atom. The van der Waals surface area contributed by atoms with Crippen LogP contribution in [0.25, 0.3) is 0 Å². The first-order valence-electron chi connectivity index (χ1n) is 7.68. The van der Waals surface area contributed by atoms with E-state index in [4.69, 9.17) is 11.6 Å². The summed E-state index contributed by atoms with van der Waals surface area (Å²) in [5.74, 6) is 0.601. The zero-order chi connectivity index (χ0) is 13.7. The van der Waals surface area contributed by atoms with Gasteiger partial charge in [-0.25, -0.2) is 0 Å². The number of nitrogens with one attached hydrogen (secondary N) is 1. The lowest BCUT2D eigenvalue weighted by atomic mass is 9.94. The van der Waals surface area contributed by atoms with Crippen molar-refractivity contribution in [3.05, 3.63) is 34.9 Å². The van der Waals surface area contributed by atoms with E-state index < -0.39 is 0 Å². The molecule has 2 rings (SSSR count). The van der Waals surface area contributed by atoms with E-state index in [1.807, 2.05) is 12.1 Å². The second kappa shape index (κ2) is 7.31. The van der Waals surface area contributed by atoms with Gasteiger partial charge in [0.05, 0.1) is 0 Å². The molecule has 19 heavy (non-hydrogen) atoms. The number of hydrogen-bond acceptors (Lipinski definition) is 1. The van der Waals surface area contributed by atoms with Crippen LogP contribution in [0.2, 0.25) is 5.02 Å². The third-order valence-corrected chi connectivity index (χ3v) is 4.42. The third-order valence-electron chi connectivity index (χ3n) is 4.17. The largest absolute Gasteiger partial charge is 0.307 e. The summed E-state index contributed by atoms with van der Waals surface area (Å²) in [7, 11) is 0. The van der Waals surface area contributed by atoms with Crippen LogP contribution >= 0.6 is 11.6 Å². The van der Waals surface area contributed by atoms with E-state index in [0.717, 1.165) is 5.02 Å². The summed E-state index contributed by atoms with van der Waals surface area (Å²) < 4.78 is 0. The molecule has 1 fully saturated rings. The molecule has 0 amide bonds. The molecule has 1 aliphatic carbocycles. The van der Waals surface area contributed by atoms with Crippen LogP contribution in [-0.4, -0.2) is 6.04 Å². The van der Waals surface area contributed by atoms with Crippen molar-refractivity contribution in [2.24, 2.45) is 5.92 Å². The van der Waals surface area contributed by atoms with E-state index in [2.05, 4.69) is 31.3 Å². The van der Waals surface area contributed by atoms with E-state index in [1.165, 1.54) is 44.1 Å². The Bertz CT molecular complexity index is 363. The molecule has 1 unspecified atom stereocenters. The summed E-state index contributed by atoms with van der Waals surface area (Å²) in [5.41, 5.74) is 1.36. The van der Waals surface area contributed by atoms with Crippen LogP contribution < -0.4 is 5.32 Å². The Morgan fingerprint density at radius 1 is 1.00 bits per heavy atom. The molecular weight excluding hydrogens is 254 g/mol. The molecule has 1 saturated carbocycles. The minimum absolute atomic E-state index is 0.445. The molecule has 0 heterocycles. The summed E-state index contributed by atoms with van der Waals surface area (Å²) in [6, 6.07) is 9.46. The number of rotatable bonds is 4. The van der Waals surface area contributed by atoms with Gasteiger partial charge in [0.1, 0.15) is 0 Å². The monoisotopic (exact) mass is 279 g/mol. The van der Waals surface area contributed by atoms with Gasteiger partial charge in [-0.1, -0.05) is 63.3 Å². The highest BCUT2D eigenvalue weighted by Gasteiger charge is 2.20. The Kier molecular flexibility index (Phi) is 5.72. The average molecular weight is 280 g/mol. The first-order chi connectivity index (χ1) is 9.16. The van der Waals surface area contributed by atoms with E-state index in [0.29, 0.717) is 18.0 Å². The Labute approximate surface area is 122 Å². The van der Waals surface area contributed by atoms with Gasteiger partial charge in [0.15, 0.2) is 0 Å². The van der Waals surface area contributed by atoms with Gasteiger partial charge in [-0.3, -0.25) is 0 Å². The van der Waals surface area contributed by atoms with Crippen molar-refractivity contribution in [2.75, 3.05) is 0 Å². The molecule has 0 bridgehead atoms. The lowest BCUT2D eigenvalue weighted by molar-refractivity contribution is 0.337. The maximum absolute atomic E-state index is 5.99. The van der Waals surface area contributed by atoms with Crippen LogP contribution in [0.4, 0.5) is 0 Å². The average Bonchev–Trinajstić information content (AvgIpc) is 2.65. The third kappa shape index (κ3) is 4.50. The SMILES string of the molecule is CC(C)C(NC1CCCCCC1)c1ccc(Cl)cc1. The molecule has 0 aromatic heterocycles. The van der Waals surface area contributed by atoms with Crippen molar-refractivity contribution in [2.45, 2.75) is 64.5 Å². The molecule has 1 nitrogen and oxygen atoms in total. The molecule has 2 heteroatoms. The Morgan fingerprint density at radius 3 is 2.11 bits per heavy atom. The highest BCUT2D eigenvalue weighted by molar-refractivity contribution is 6.30. The van der Waals surface area contributed by atoms with Gasteiger partial charge in [-0.05, 0) is 36.5 Å². The molecule has 1 N–H and O–H groups in total. The quantitative estimate of drug-likeness (QED) is 0.733. The standard InChI is InChI=1S/C17H26ClN/c1-13(2)17(14-9-11-15(18)12-10-14)19-16-7-5-3-4-6-8-16/h9-13,16-17,19H,3-8H2,1-2H3. The first-order valence-corrected chi connectivity index (χ1v) is 8.06. The van der Waals surface area contributed by atoms with Crippen molar-refractivity contribution in [3.8, 4) is 0 Å². The lowest BCUT2D eigenvalue weighted by Gasteiger charge is -2.28. The minimum Gasteiger partial charge on any atom is -0.307 e. The second-order valence-electron chi connectivity index (χ2n) is 6.13. The van der Waals surface area contributed by atoms with E-state index in [1.54, 1.807) is 0 Å². The Hall–Kier alpha value is -0.530. The van der Waals surface area contributed by atoms with Crippen LogP contribution in [0.3, 0.4) is 0 Å². The summed E-state index contributed by atoms with van der Waals surface area (Å²) in [6.45, 7) is 4.59. The summed E-state index contributed by atoms with van der Waals surface area (Å²) >= 11 is 5.99. The highest BCUT2D eigenvalue weighted by atomic mass is 35.5. The highest BCUT2D eigenvalue weighted by Crippen LogP contribution is 2.26. The number of benzene rings is 1. The molecule has 0 aliphatic heterocycles. The van der Waals surface area contributed by atoms with Crippen LogP contribution in [0.1, 0.15) is 64.0 Å². The van der Waals surface area contributed by atoms with Crippen molar-refractivity contribution >= 4 is 11.6 Å². The molecule has 1 aliphatic rings. The minimum atomic E-state index is 0.445. The predicted octanol–water partition coefficient (Wildman–Crippen LogP) is 5.35. The smallest absolute Gasteiger partial charge is 0.0406 e. The normalized spacial score (nSPS) is 19.4. The van der Waals surface area contributed by atoms with E-state index >= 15 is 0 Å². The van der Waals surface area contributed by atoms with Crippen LogP contribution in [0.15, 0.2) is 24.3 Å². The predicted molar refractivity (Wildman–Crippen MR) is 83.7 cm³/mol. The van der Waals surface area contributed by atoms with Gasteiger partial charge in [0.25, 0.3) is 0 Å². The van der Waals surface area contributed by atoms with Crippen molar-refractivity contribution in [1.82, 2.24) is 5.32 Å². The van der Waals surface area contributed by atoms with Crippen molar-refractivity contribution in [3.63, 3.8) is 0 Å². The zero-order valence-corrected chi connectivity index (χ0v) is 12.9. The maximum atomic E-state index is 5.99. The fourth-order valence-electron chi connectivity index (χ4n) is 3.04. The maximum Gasteiger partial charge on any atom is 0.0406 e. The van der Waals surface area contributed by atoms with Gasteiger partial charge in [0.2, 0.25) is 0 Å². The van der Waals surface area contributed by atoms with E-state index in [-0.39, 0.29) is 0 Å². The molecule has 0 spiro atoms. The van der Waals surface area contributed by atoms with Gasteiger partial charge in [-0.15, -0.1) is 0 Å². The van der Waals surface area contributed by atoms with Crippen LogP contribution in [0, 0.1) is 5.92 Å². The molecule has 1 atom stereocenters. The molecular formula is C17H26ClN. The first kappa shape index (κ1) is 14.9. The lowest BCUT2D eigenvalue weighted by Crippen LogP contribution is -2.35. The topological polar surface area (TPSA) is 12.0 Å². The van der Waals surface area contributed by atoms with Crippen molar-refractivity contribution < 1.29 is 0 Å². The Balaban J connectivity index is 2.04. The summed E-state index contributed by atoms with van der Waals surface area (Å²) in [5, 5.41) is 4.71. The summed E-state index contributed by atoms with van der Waals surface area (Å²) in [4.78, 5) is 0. The zero-order valence-electron chi connectivity index (χ0n) is 12.2. The van der Waals surface area contributed by atoms with Gasteiger partial charge >= 0.3 is 0 Å². The summed E-state index contributed by atoms with van der Waals surface area (Å²) in [6.07, 6.45) is 8.23. The van der Waals surface area contributed by atoms with Gasteiger partial charge in [-0.2, -0.15) is 0 Å². The number of halogens is 1. The van der Waals surface area contributed by atoms with Gasteiger partial charge in [0, 0.05) is 17.1 Å². The number of hydrogen-bond donors (Lipinski definition) is 1. The van der Waals surface area contributed by atoms with Gasteiger partial charge < -0.3 is 5.32 Å². The fraction of sp³-hybridized carbons (Fsp3) is 0.647. The molecule has 1 aromatic carbocycles. The molecule has 106 valence electrons. The molecule has 1 aromatic rings. The molecule has 0 radical (unpaired) electrons. The van der Waals surface area contributed by atoms with Crippen LogP contribution in [0.5, 0.6) is 0 Å². The fourth-order valence-corrected chi connectivity index (χ4v) is 3.17. The van der Waals surface area contributed by atoms with E-state index in [9.17, 15) is 0 Å².